The van der Waals surface area contributed by atoms with Gasteiger partial charge in [0.05, 0.1) is 6.04 Å². The largest absolute Gasteiger partial charge is 0.338 e. The number of likely N-dealkylation sites (N-methyl/N-ethyl adjacent to an activating group) is 1. The smallest absolute Gasteiger partial charge is 0.240 e. The van der Waals surface area contributed by atoms with E-state index in [2.05, 4.69) is 47.2 Å². The van der Waals surface area contributed by atoms with Crippen molar-refractivity contribution in [2.75, 3.05) is 20.1 Å². The Hall–Kier alpha value is -1.35. The number of carbonyl (C=O) groups is 1. The first-order valence-electron chi connectivity index (χ1n) is 9.81. The Bertz CT molecular complexity index is 572. The minimum absolute atomic E-state index is 0.140. The summed E-state index contributed by atoms with van der Waals surface area (Å²) < 4.78 is 0. The fourth-order valence-corrected chi connectivity index (χ4v) is 5.46. The normalized spacial score (nSPS) is 34.1. The highest BCUT2D eigenvalue weighted by Crippen LogP contribution is 2.44. The fourth-order valence-electron chi connectivity index (χ4n) is 5.46. The van der Waals surface area contributed by atoms with Crippen LogP contribution in [0.15, 0.2) is 30.3 Å². The van der Waals surface area contributed by atoms with Crippen molar-refractivity contribution in [3.8, 4) is 0 Å². The van der Waals surface area contributed by atoms with Crippen molar-refractivity contribution in [2.24, 2.45) is 5.92 Å². The molecule has 3 fully saturated rings. The summed E-state index contributed by atoms with van der Waals surface area (Å²) in [7, 11) is 2.12. The third kappa shape index (κ3) is 2.88. The molecule has 130 valence electrons. The number of likely N-dealkylation sites (tertiary alicyclic amines) is 2. The number of piperidine rings is 1. The highest BCUT2D eigenvalue weighted by atomic mass is 16.2. The molecule has 3 aliphatic rings. The van der Waals surface area contributed by atoms with Gasteiger partial charge in [-0.05, 0) is 63.1 Å². The number of amides is 1. The lowest BCUT2D eigenvalue weighted by atomic mass is 9.69. The van der Waals surface area contributed by atoms with Gasteiger partial charge in [0, 0.05) is 12.6 Å². The standard InChI is InChI=1S/C21H30N2O/c1-22-14-7-12-20(22)21(24)23-15-13-17(16-8-3-2-4-9-16)18-10-5-6-11-19(18)23/h2-4,8-9,17-20H,5-7,10-15H2,1H3/t17-,18-,19-,20+/m1/s1. The molecule has 1 saturated carbocycles. The van der Waals surface area contributed by atoms with Crippen LogP contribution in [0, 0.1) is 5.92 Å². The summed E-state index contributed by atoms with van der Waals surface area (Å²) in [5.41, 5.74) is 1.49. The van der Waals surface area contributed by atoms with Gasteiger partial charge in [-0.15, -0.1) is 0 Å². The second-order valence-corrected chi connectivity index (χ2v) is 7.99. The SMILES string of the molecule is CN1CCC[C@H]1C(=O)N1CC[C@H](c2ccccc2)[C@H]2CCCC[C@H]21. The molecule has 0 spiro atoms. The summed E-state index contributed by atoms with van der Waals surface area (Å²) in [5, 5.41) is 0. The van der Waals surface area contributed by atoms with E-state index in [-0.39, 0.29) is 6.04 Å². The minimum Gasteiger partial charge on any atom is -0.338 e. The van der Waals surface area contributed by atoms with Crippen LogP contribution in [0.2, 0.25) is 0 Å². The van der Waals surface area contributed by atoms with E-state index >= 15 is 0 Å². The number of hydrogen-bond acceptors (Lipinski definition) is 2. The van der Waals surface area contributed by atoms with Crippen LogP contribution in [0.4, 0.5) is 0 Å². The van der Waals surface area contributed by atoms with Gasteiger partial charge in [0.2, 0.25) is 5.91 Å². The topological polar surface area (TPSA) is 23.6 Å². The molecule has 2 saturated heterocycles. The molecule has 1 aromatic carbocycles. The van der Waals surface area contributed by atoms with Crippen molar-refractivity contribution >= 4 is 5.91 Å². The molecule has 0 bridgehead atoms. The van der Waals surface area contributed by atoms with Gasteiger partial charge in [0.1, 0.15) is 0 Å². The Morgan fingerprint density at radius 2 is 1.75 bits per heavy atom. The molecule has 0 aromatic heterocycles. The first kappa shape index (κ1) is 16.1. The van der Waals surface area contributed by atoms with Crippen molar-refractivity contribution in [1.82, 2.24) is 9.80 Å². The molecular weight excluding hydrogens is 296 g/mol. The quantitative estimate of drug-likeness (QED) is 0.828. The third-order valence-corrected chi connectivity index (χ3v) is 6.70. The van der Waals surface area contributed by atoms with Crippen molar-refractivity contribution in [3.63, 3.8) is 0 Å². The fraction of sp³-hybridized carbons (Fsp3) is 0.667. The zero-order valence-corrected chi connectivity index (χ0v) is 14.9. The molecule has 1 amide bonds. The Balaban J connectivity index is 1.55. The molecule has 3 heteroatoms. The Kier molecular flexibility index (Phi) is 4.62. The average Bonchev–Trinajstić information content (AvgIpc) is 3.07. The van der Waals surface area contributed by atoms with Crippen LogP contribution in [-0.2, 0) is 4.79 Å². The molecule has 3 nitrogen and oxygen atoms in total. The maximum absolute atomic E-state index is 13.2. The van der Waals surface area contributed by atoms with Gasteiger partial charge in [-0.1, -0.05) is 43.2 Å². The molecule has 0 N–H and O–H groups in total. The number of hydrogen-bond donors (Lipinski definition) is 0. The Labute approximate surface area is 146 Å². The summed E-state index contributed by atoms with van der Waals surface area (Å²) in [6.45, 7) is 2.02. The molecule has 2 aliphatic heterocycles. The van der Waals surface area contributed by atoms with Gasteiger partial charge in [-0.2, -0.15) is 0 Å². The molecular formula is C21H30N2O. The summed E-state index contributed by atoms with van der Waals surface area (Å²) in [6.07, 6.45) is 8.45. The van der Waals surface area contributed by atoms with Crippen LogP contribution in [0.3, 0.4) is 0 Å². The monoisotopic (exact) mass is 326 g/mol. The van der Waals surface area contributed by atoms with Crippen molar-refractivity contribution in [3.05, 3.63) is 35.9 Å². The Morgan fingerprint density at radius 1 is 0.958 bits per heavy atom. The average molecular weight is 326 g/mol. The van der Waals surface area contributed by atoms with Gasteiger partial charge < -0.3 is 4.90 Å². The molecule has 0 radical (unpaired) electrons. The predicted molar refractivity (Wildman–Crippen MR) is 96.9 cm³/mol. The number of rotatable bonds is 2. The van der Waals surface area contributed by atoms with Gasteiger partial charge in [-0.25, -0.2) is 0 Å². The van der Waals surface area contributed by atoms with E-state index in [4.69, 9.17) is 0 Å². The number of nitrogens with zero attached hydrogens (tertiary/aromatic N) is 2. The molecule has 24 heavy (non-hydrogen) atoms. The highest BCUT2D eigenvalue weighted by molar-refractivity contribution is 5.82. The van der Waals surface area contributed by atoms with Crippen LogP contribution in [0.5, 0.6) is 0 Å². The lowest BCUT2D eigenvalue weighted by Crippen LogP contribution is -2.56. The molecule has 4 rings (SSSR count). The van der Waals surface area contributed by atoms with Gasteiger partial charge in [0.25, 0.3) is 0 Å². The number of benzene rings is 1. The zero-order valence-electron chi connectivity index (χ0n) is 14.9. The molecule has 0 unspecified atom stereocenters. The van der Waals surface area contributed by atoms with Crippen molar-refractivity contribution in [2.45, 2.75) is 62.9 Å². The van der Waals surface area contributed by atoms with Crippen LogP contribution in [-0.4, -0.2) is 47.9 Å². The minimum atomic E-state index is 0.140. The summed E-state index contributed by atoms with van der Waals surface area (Å²) in [5.74, 6) is 1.71. The van der Waals surface area contributed by atoms with E-state index in [0.717, 1.165) is 25.9 Å². The van der Waals surface area contributed by atoms with E-state index in [1.54, 1.807) is 0 Å². The van der Waals surface area contributed by atoms with E-state index in [1.165, 1.54) is 37.7 Å². The summed E-state index contributed by atoms with van der Waals surface area (Å²) >= 11 is 0. The van der Waals surface area contributed by atoms with E-state index in [0.29, 0.717) is 23.8 Å². The maximum atomic E-state index is 13.2. The Morgan fingerprint density at radius 3 is 2.50 bits per heavy atom. The van der Waals surface area contributed by atoms with Gasteiger partial charge >= 0.3 is 0 Å². The van der Waals surface area contributed by atoms with E-state index in [9.17, 15) is 4.79 Å². The van der Waals surface area contributed by atoms with Crippen molar-refractivity contribution < 1.29 is 4.79 Å². The molecule has 1 aliphatic carbocycles. The van der Waals surface area contributed by atoms with Crippen LogP contribution in [0.1, 0.15) is 56.4 Å². The predicted octanol–water partition coefficient (Wildman–Crippen LogP) is 3.66. The number of fused-ring (bicyclic) bond motifs is 1. The number of carbonyl (C=O) groups excluding carboxylic acids is 1. The molecule has 2 heterocycles. The van der Waals surface area contributed by atoms with Crippen LogP contribution < -0.4 is 0 Å². The second kappa shape index (κ2) is 6.87. The van der Waals surface area contributed by atoms with Crippen molar-refractivity contribution in [1.29, 1.82) is 0 Å². The van der Waals surface area contributed by atoms with Gasteiger partial charge in [-0.3, -0.25) is 9.69 Å². The first-order chi connectivity index (χ1) is 11.8. The lowest BCUT2D eigenvalue weighted by Gasteiger charge is -2.49. The third-order valence-electron chi connectivity index (χ3n) is 6.70. The molecule has 1 aromatic rings. The second-order valence-electron chi connectivity index (χ2n) is 7.99. The van der Waals surface area contributed by atoms with Crippen LogP contribution in [0.25, 0.3) is 0 Å². The van der Waals surface area contributed by atoms with Gasteiger partial charge in [0.15, 0.2) is 0 Å². The van der Waals surface area contributed by atoms with E-state index in [1.807, 2.05) is 0 Å². The zero-order chi connectivity index (χ0) is 16.5. The lowest BCUT2D eigenvalue weighted by molar-refractivity contribution is -0.142. The maximum Gasteiger partial charge on any atom is 0.240 e. The first-order valence-corrected chi connectivity index (χ1v) is 9.81. The highest BCUT2D eigenvalue weighted by Gasteiger charge is 2.44. The summed E-state index contributed by atoms with van der Waals surface area (Å²) in [6, 6.07) is 11.6. The molecule has 4 atom stereocenters. The van der Waals surface area contributed by atoms with E-state index < -0.39 is 0 Å². The van der Waals surface area contributed by atoms with Crippen LogP contribution >= 0.6 is 0 Å². The summed E-state index contributed by atoms with van der Waals surface area (Å²) in [4.78, 5) is 17.7.